The molecule has 0 aliphatic carbocycles. The fourth-order valence-corrected chi connectivity index (χ4v) is 2.29. The lowest BCUT2D eigenvalue weighted by Crippen LogP contribution is -2.42. The molecule has 1 aromatic rings. The van der Waals surface area contributed by atoms with E-state index in [0.29, 0.717) is 18.4 Å². The summed E-state index contributed by atoms with van der Waals surface area (Å²) in [5, 5.41) is 3.35. The Bertz CT molecular complexity index is 372. The minimum atomic E-state index is -0.290. The van der Waals surface area contributed by atoms with Gasteiger partial charge in [-0.05, 0) is 45.1 Å². The van der Waals surface area contributed by atoms with Crippen LogP contribution < -0.4 is 10.1 Å². The molecule has 1 heterocycles. The zero-order chi connectivity index (χ0) is 12.8. The Morgan fingerprint density at radius 1 is 1.32 bits per heavy atom. The maximum absolute atomic E-state index is 13.3. The highest BCUT2D eigenvalue weighted by molar-refractivity contribution is 5.85. The number of likely N-dealkylation sites (N-methyl/N-ethyl adjacent to an activating group) is 1. The van der Waals surface area contributed by atoms with Gasteiger partial charge in [0.2, 0.25) is 0 Å². The SMILES string of the molecule is CN(CCOc1ccccc1F)C1CCNCC1.Cl. The number of para-hydroxylation sites is 1. The predicted octanol–water partition coefficient (Wildman–Crippen LogP) is 2.31. The van der Waals surface area contributed by atoms with E-state index in [1.807, 2.05) is 0 Å². The van der Waals surface area contributed by atoms with Crippen LogP contribution in [-0.4, -0.2) is 44.2 Å². The van der Waals surface area contributed by atoms with Crippen LogP contribution in [0.3, 0.4) is 0 Å². The molecule has 0 aromatic heterocycles. The van der Waals surface area contributed by atoms with Crippen molar-refractivity contribution in [3.63, 3.8) is 0 Å². The second-order valence-corrected chi connectivity index (χ2v) is 4.74. The van der Waals surface area contributed by atoms with Gasteiger partial charge in [-0.15, -0.1) is 12.4 Å². The van der Waals surface area contributed by atoms with Crippen molar-refractivity contribution in [2.24, 2.45) is 0 Å². The van der Waals surface area contributed by atoms with Gasteiger partial charge in [-0.25, -0.2) is 4.39 Å². The molecule has 0 saturated carbocycles. The zero-order valence-corrected chi connectivity index (χ0v) is 12.1. The van der Waals surface area contributed by atoms with Crippen LogP contribution >= 0.6 is 12.4 Å². The Hall–Kier alpha value is -0.840. The molecule has 0 atom stereocenters. The average molecular weight is 289 g/mol. The molecule has 1 aliphatic rings. The second kappa shape index (κ2) is 8.35. The zero-order valence-electron chi connectivity index (χ0n) is 11.3. The van der Waals surface area contributed by atoms with Gasteiger partial charge >= 0.3 is 0 Å². The molecule has 5 heteroatoms. The van der Waals surface area contributed by atoms with Gasteiger partial charge in [0.05, 0.1) is 0 Å². The van der Waals surface area contributed by atoms with Gasteiger partial charge in [0.15, 0.2) is 11.6 Å². The standard InChI is InChI=1S/C14H21FN2O.ClH/c1-17(12-6-8-16-9-7-12)10-11-18-14-5-3-2-4-13(14)15;/h2-5,12,16H,6-11H2,1H3;1H. The minimum Gasteiger partial charge on any atom is -0.489 e. The van der Waals surface area contributed by atoms with E-state index in [-0.39, 0.29) is 18.2 Å². The average Bonchev–Trinajstić information content (AvgIpc) is 2.42. The molecular weight excluding hydrogens is 267 g/mol. The molecule has 1 aliphatic heterocycles. The number of nitrogens with zero attached hydrogens (tertiary/aromatic N) is 1. The van der Waals surface area contributed by atoms with Gasteiger partial charge in [-0.3, -0.25) is 4.90 Å². The van der Waals surface area contributed by atoms with Gasteiger partial charge < -0.3 is 10.1 Å². The maximum Gasteiger partial charge on any atom is 0.165 e. The highest BCUT2D eigenvalue weighted by atomic mass is 35.5. The van der Waals surface area contributed by atoms with Crippen LogP contribution in [0.1, 0.15) is 12.8 Å². The van der Waals surface area contributed by atoms with Crippen LogP contribution in [0, 0.1) is 5.82 Å². The number of piperidine rings is 1. The fourth-order valence-electron chi connectivity index (χ4n) is 2.29. The van der Waals surface area contributed by atoms with Gasteiger partial charge in [0.25, 0.3) is 0 Å². The summed E-state index contributed by atoms with van der Waals surface area (Å²) in [6.45, 7) is 3.53. The summed E-state index contributed by atoms with van der Waals surface area (Å²) in [6.07, 6.45) is 2.35. The number of hydrogen-bond donors (Lipinski definition) is 1. The van der Waals surface area contributed by atoms with Gasteiger partial charge in [-0.1, -0.05) is 12.1 Å². The summed E-state index contributed by atoms with van der Waals surface area (Å²) in [4.78, 5) is 2.31. The minimum absolute atomic E-state index is 0. The molecule has 108 valence electrons. The number of nitrogens with one attached hydrogen (secondary N) is 1. The number of hydrogen-bond acceptors (Lipinski definition) is 3. The summed E-state index contributed by atoms with van der Waals surface area (Å²) in [6, 6.07) is 7.17. The largest absolute Gasteiger partial charge is 0.489 e. The van der Waals surface area contributed by atoms with Gasteiger partial charge in [-0.2, -0.15) is 0 Å². The smallest absolute Gasteiger partial charge is 0.165 e. The highest BCUT2D eigenvalue weighted by Crippen LogP contribution is 2.15. The number of rotatable bonds is 5. The second-order valence-electron chi connectivity index (χ2n) is 4.74. The van der Waals surface area contributed by atoms with Crippen molar-refractivity contribution in [2.45, 2.75) is 18.9 Å². The van der Waals surface area contributed by atoms with Crippen molar-refractivity contribution >= 4 is 12.4 Å². The molecule has 2 rings (SSSR count). The lowest BCUT2D eigenvalue weighted by Gasteiger charge is -2.31. The van der Waals surface area contributed by atoms with Crippen LogP contribution in [0.4, 0.5) is 4.39 Å². The Labute approximate surface area is 120 Å². The first-order chi connectivity index (χ1) is 8.77. The highest BCUT2D eigenvalue weighted by Gasteiger charge is 2.17. The monoisotopic (exact) mass is 288 g/mol. The first-order valence-corrected chi connectivity index (χ1v) is 6.55. The quantitative estimate of drug-likeness (QED) is 0.900. The summed E-state index contributed by atoms with van der Waals surface area (Å²) in [7, 11) is 2.11. The van der Waals surface area contributed by atoms with Crippen molar-refractivity contribution in [3.05, 3.63) is 30.1 Å². The van der Waals surface area contributed by atoms with Gasteiger partial charge in [0, 0.05) is 12.6 Å². The fraction of sp³-hybridized carbons (Fsp3) is 0.571. The topological polar surface area (TPSA) is 24.5 Å². The number of halogens is 2. The molecule has 1 N–H and O–H groups in total. The third kappa shape index (κ3) is 4.97. The van der Waals surface area contributed by atoms with E-state index in [4.69, 9.17) is 4.74 Å². The van der Waals surface area contributed by atoms with E-state index >= 15 is 0 Å². The Balaban J connectivity index is 0.00000180. The predicted molar refractivity (Wildman–Crippen MR) is 77.7 cm³/mol. The number of ether oxygens (including phenoxy) is 1. The third-order valence-corrected chi connectivity index (χ3v) is 3.47. The van der Waals surface area contributed by atoms with Gasteiger partial charge in [0.1, 0.15) is 6.61 Å². The van der Waals surface area contributed by atoms with E-state index in [0.717, 1.165) is 19.6 Å². The first-order valence-electron chi connectivity index (χ1n) is 6.55. The molecule has 0 spiro atoms. The maximum atomic E-state index is 13.3. The van der Waals surface area contributed by atoms with Crippen molar-refractivity contribution in [1.82, 2.24) is 10.2 Å². The van der Waals surface area contributed by atoms with Crippen molar-refractivity contribution < 1.29 is 9.13 Å². The molecule has 0 unspecified atom stereocenters. The molecule has 1 fully saturated rings. The van der Waals surface area contributed by atoms with Crippen molar-refractivity contribution in [3.8, 4) is 5.75 Å². The summed E-state index contributed by atoms with van der Waals surface area (Å²) < 4.78 is 18.8. The molecule has 3 nitrogen and oxygen atoms in total. The number of benzene rings is 1. The molecule has 0 bridgehead atoms. The van der Waals surface area contributed by atoms with E-state index in [1.54, 1.807) is 18.2 Å². The third-order valence-electron chi connectivity index (χ3n) is 3.47. The van der Waals surface area contributed by atoms with E-state index in [9.17, 15) is 4.39 Å². The Morgan fingerprint density at radius 3 is 2.68 bits per heavy atom. The summed E-state index contributed by atoms with van der Waals surface area (Å²) >= 11 is 0. The van der Waals surface area contributed by atoms with Crippen LogP contribution in [0.15, 0.2) is 24.3 Å². The van der Waals surface area contributed by atoms with Crippen LogP contribution in [-0.2, 0) is 0 Å². The molecular formula is C14H22ClFN2O. The van der Waals surface area contributed by atoms with Crippen molar-refractivity contribution in [2.75, 3.05) is 33.3 Å². The lowest BCUT2D eigenvalue weighted by atomic mass is 10.1. The van der Waals surface area contributed by atoms with Crippen LogP contribution in [0.5, 0.6) is 5.75 Å². The van der Waals surface area contributed by atoms with E-state index < -0.39 is 0 Å². The van der Waals surface area contributed by atoms with E-state index in [2.05, 4.69) is 17.3 Å². The summed E-state index contributed by atoms with van der Waals surface area (Å²) in [5.74, 6) is 0.0539. The van der Waals surface area contributed by atoms with Crippen LogP contribution in [0.25, 0.3) is 0 Å². The molecule has 0 radical (unpaired) electrons. The Morgan fingerprint density at radius 2 is 2.00 bits per heavy atom. The first kappa shape index (κ1) is 16.2. The van der Waals surface area contributed by atoms with Crippen molar-refractivity contribution in [1.29, 1.82) is 0 Å². The molecule has 1 aromatic carbocycles. The molecule has 0 amide bonds. The molecule has 19 heavy (non-hydrogen) atoms. The lowest BCUT2D eigenvalue weighted by molar-refractivity contribution is 0.163. The Kier molecular flexibility index (Phi) is 7.13. The van der Waals surface area contributed by atoms with Crippen LogP contribution in [0.2, 0.25) is 0 Å². The van der Waals surface area contributed by atoms with E-state index in [1.165, 1.54) is 18.9 Å². The normalized spacial score (nSPS) is 16.2. The summed E-state index contributed by atoms with van der Waals surface area (Å²) in [5.41, 5.74) is 0. The molecule has 1 saturated heterocycles.